The number of fused-ring (bicyclic) bond motifs is 1. The molecule has 0 aliphatic heterocycles. The fraction of sp³-hybridized carbons (Fsp3) is 0.250. The van der Waals surface area contributed by atoms with Crippen LogP contribution in [0.5, 0.6) is 0 Å². The van der Waals surface area contributed by atoms with Crippen molar-refractivity contribution < 1.29 is 4.79 Å². The number of hydrogen-bond acceptors (Lipinski definition) is 1. The van der Waals surface area contributed by atoms with E-state index >= 15 is 0 Å². The quantitative estimate of drug-likeness (QED) is 0.222. The van der Waals surface area contributed by atoms with Gasteiger partial charge in [-0.15, -0.1) is 0 Å². The molecule has 1 atom stereocenters. The van der Waals surface area contributed by atoms with Gasteiger partial charge in [-0.25, -0.2) is 0 Å². The van der Waals surface area contributed by atoms with Gasteiger partial charge >= 0.3 is 0 Å². The molecule has 39 heavy (non-hydrogen) atoms. The molecule has 6 rings (SSSR count). The minimum Gasteiger partial charge on any atom is -0.346 e. The number of carbonyl (C=O) groups is 1. The van der Waals surface area contributed by atoms with E-state index in [4.69, 9.17) is 0 Å². The van der Waals surface area contributed by atoms with Crippen molar-refractivity contribution in [3.63, 3.8) is 0 Å². The Labute approximate surface area is 231 Å². The van der Waals surface area contributed by atoms with Gasteiger partial charge in [-0.05, 0) is 97.5 Å². The first-order chi connectivity index (χ1) is 19.0. The second kappa shape index (κ2) is 10.6. The van der Waals surface area contributed by atoms with Crippen LogP contribution < -0.4 is 5.32 Å². The minimum atomic E-state index is -0.0429. The van der Waals surface area contributed by atoms with Crippen molar-refractivity contribution in [2.75, 3.05) is 0 Å². The Balaban J connectivity index is 1.20. The first-order valence-electron chi connectivity index (χ1n) is 14.1. The molecule has 3 heteroatoms. The average molecular weight is 513 g/mol. The number of aromatic nitrogens is 1. The van der Waals surface area contributed by atoms with Gasteiger partial charge in [-0.2, -0.15) is 0 Å². The molecule has 1 aliphatic carbocycles. The van der Waals surface area contributed by atoms with Gasteiger partial charge in [0, 0.05) is 28.7 Å². The highest BCUT2D eigenvalue weighted by Crippen LogP contribution is 2.33. The van der Waals surface area contributed by atoms with Crippen LogP contribution in [-0.4, -0.2) is 10.5 Å². The van der Waals surface area contributed by atoms with Crippen molar-refractivity contribution in [1.82, 2.24) is 9.88 Å². The van der Waals surface area contributed by atoms with E-state index in [9.17, 15) is 4.79 Å². The second-order valence-electron chi connectivity index (χ2n) is 11.2. The number of nitrogens with zero attached hydrogens (tertiary/aromatic N) is 1. The number of aryl methyl sites for hydroxylation is 1. The summed E-state index contributed by atoms with van der Waals surface area (Å²) in [5, 5.41) is 4.37. The lowest BCUT2D eigenvalue weighted by Gasteiger charge is -2.16. The molecule has 1 aliphatic rings. The molecule has 3 nitrogen and oxygen atoms in total. The second-order valence-corrected chi connectivity index (χ2v) is 11.2. The van der Waals surface area contributed by atoms with E-state index in [1.807, 2.05) is 12.1 Å². The topological polar surface area (TPSA) is 34.0 Å². The number of nitrogens with one attached hydrogen (secondary N) is 1. The molecule has 1 saturated carbocycles. The predicted octanol–water partition coefficient (Wildman–Crippen LogP) is 8.42. The molecule has 196 valence electrons. The maximum Gasteiger partial charge on any atom is 0.251 e. The minimum absolute atomic E-state index is 0.0294. The SMILES string of the molecule is Cc1c(C)n(Cc2ccc(-c3ccccc3)cc2)c2ccc(C(=O)N[C@@H](C)c3cccc(CC4CC4)c3)cc12. The molecular formula is C36H36N2O. The van der Waals surface area contributed by atoms with Crippen molar-refractivity contribution in [3.05, 3.63) is 131 Å². The number of benzene rings is 4. The Morgan fingerprint density at radius 3 is 2.33 bits per heavy atom. The van der Waals surface area contributed by atoms with Crippen LogP contribution in [0.15, 0.2) is 97.1 Å². The summed E-state index contributed by atoms with van der Waals surface area (Å²) >= 11 is 0. The smallest absolute Gasteiger partial charge is 0.251 e. The molecule has 4 aromatic carbocycles. The van der Waals surface area contributed by atoms with Gasteiger partial charge in [-0.3, -0.25) is 4.79 Å². The molecule has 5 aromatic rings. The summed E-state index contributed by atoms with van der Waals surface area (Å²) in [4.78, 5) is 13.3. The van der Waals surface area contributed by atoms with Crippen LogP contribution in [0.2, 0.25) is 0 Å². The zero-order chi connectivity index (χ0) is 26.9. The van der Waals surface area contributed by atoms with Crippen molar-refractivity contribution in [2.24, 2.45) is 5.92 Å². The van der Waals surface area contributed by atoms with Crippen LogP contribution in [0.4, 0.5) is 0 Å². The Morgan fingerprint density at radius 2 is 1.59 bits per heavy atom. The third-order valence-corrected chi connectivity index (χ3v) is 8.32. The largest absolute Gasteiger partial charge is 0.346 e. The van der Waals surface area contributed by atoms with E-state index < -0.39 is 0 Å². The fourth-order valence-electron chi connectivity index (χ4n) is 5.62. The molecule has 0 bridgehead atoms. The van der Waals surface area contributed by atoms with Gasteiger partial charge in [-0.1, -0.05) is 78.9 Å². The maximum atomic E-state index is 13.3. The van der Waals surface area contributed by atoms with Crippen molar-refractivity contribution in [2.45, 2.75) is 52.6 Å². The summed E-state index contributed by atoms with van der Waals surface area (Å²) in [6, 6.07) is 34.1. The van der Waals surface area contributed by atoms with E-state index in [-0.39, 0.29) is 11.9 Å². The third-order valence-electron chi connectivity index (χ3n) is 8.32. The van der Waals surface area contributed by atoms with E-state index in [0.717, 1.165) is 29.8 Å². The van der Waals surface area contributed by atoms with Crippen LogP contribution in [0.25, 0.3) is 22.0 Å². The first-order valence-corrected chi connectivity index (χ1v) is 14.1. The van der Waals surface area contributed by atoms with Crippen LogP contribution in [-0.2, 0) is 13.0 Å². The summed E-state index contributed by atoms with van der Waals surface area (Å²) in [6.07, 6.45) is 3.85. The van der Waals surface area contributed by atoms with Crippen molar-refractivity contribution >= 4 is 16.8 Å². The van der Waals surface area contributed by atoms with Gasteiger partial charge in [0.15, 0.2) is 0 Å². The summed E-state index contributed by atoms with van der Waals surface area (Å²) in [6.45, 7) is 7.19. The number of amides is 1. The molecule has 1 heterocycles. The molecule has 1 N–H and O–H groups in total. The molecule has 1 aromatic heterocycles. The lowest BCUT2D eigenvalue weighted by atomic mass is 10.0. The average Bonchev–Trinajstić information content (AvgIpc) is 3.76. The van der Waals surface area contributed by atoms with Crippen molar-refractivity contribution in [3.8, 4) is 11.1 Å². The normalized spacial score (nSPS) is 13.9. The fourth-order valence-corrected chi connectivity index (χ4v) is 5.62. The third kappa shape index (κ3) is 5.40. The molecule has 0 radical (unpaired) electrons. The molecule has 1 fully saturated rings. The Kier molecular flexibility index (Phi) is 6.83. The summed E-state index contributed by atoms with van der Waals surface area (Å²) < 4.78 is 2.36. The highest BCUT2D eigenvalue weighted by atomic mass is 16.1. The molecule has 0 unspecified atom stereocenters. The first kappa shape index (κ1) is 25.2. The summed E-state index contributed by atoms with van der Waals surface area (Å²) in [7, 11) is 0. The number of carbonyl (C=O) groups excluding carboxylic acids is 1. The number of rotatable bonds is 8. The highest BCUT2D eigenvalue weighted by Gasteiger charge is 2.22. The number of hydrogen-bond donors (Lipinski definition) is 1. The van der Waals surface area contributed by atoms with Crippen LogP contribution in [0.1, 0.15) is 64.1 Å². The Bertz CT molecular complexity index is 1620. The molecule has 0 spiro atoms. The van der Waals surface area contributed by atoms with Gasteiger partial charge in [0.05, 0.1) is 6.04 Å². The standard InChI is InChI=1S/C36H36N2O/c1-24-26(3)38(23-28-14-16-31(17-15-28)30-9-5-4-6-10-30)35-19-18-33(22-34(24)35)36(39)37-25(2)32-11-7-8-29(21-32)20-27-12-13-27/h4-11,14-19,21-22,25,27H,12-13,20,23H2,1-3H3,(H,37,39)/t25-/m0/s1. The maximum absolute atomic E-state index is 13.3. The summed E-state index contributed by atoms with van der Waals surface area (Å²) in [5.74, 6) is 0.822. The van der Waals surface area contributed by atoms with Gasteiger partial charge in [0.1, 0.15) is 0 Å². The molecular weight excluding hydrogens is 476 g/mol. The van der Waals surface area contributed by atoms with Gasteiger partial charge < -0.3 is 9.88 Å². The van der Waals surface area contributed by atoms with Gasteiger partial charge in [0.25, 0.3) is 5.91 Å². The summed E-state index contributed by atoms with van der Waals surface area (Å²) in [5.41, 5.74) is 10.6. The Hall–Kier alpha value is -4.11. The van der Waals surface area contributed by atoms with Crippen LogP contribution in [0, 0.1) is 19.8 Å². The van der Waals surface area contributed by atoms with E-state index in [0.29, 0.717) is 5.56 Å². The highest BCUT2D eigenvalue weighted by molar-refractivity contribution is 5.99. The van der Waals surface area contributed by atoms with E-state index in [1.54, 1.807) is 0 Å². The molecule has 1 amide bonds. The zero-order valence-electron chi connectivity index (χ0n) is 23.1. The zero-order valence-corrected chi connectivity index (χ0v) is 23.1. The Morgan fingerprint density at radius 1 is 0.846 bits per heavy atom. The molecule has 0 saturated heterocycles. The lowest BCUT2D eigenvalue weighted by molar-refractivity contribution is 0.0940. The van der Waals surface area contributed by atoms with Crippen molar-refractivity contribution in [1.29, 1.82) is 0 Å². The van der Waals surface area contributed by atoms with Crippen LogP contribution in [0.3, 0.4) is 0 Å². The van der Waals surface area contributed by atoms with E-state index in [1.165, 1.54) is 51.9 Å². The van der Waals surface area contributed by atoms with E-state index in [2.05, 4.69) is 116 Å². The van der Waals surface area contributed by atoms with Gasteiger partial charge in [0.2, 0.25) is 0 Å². The lowest BCUT2D eigenvalue weighted by Crippen LogP contribution is -2.26. The predicted molar refractivity (Wildman–Crippen MR) is 161 cm³/mol. The van der Waals surface area contributed by atoms with Crippen LogP contribution >= 0.6 is 0 Å². The monoisotopic (exact) mass is 512 g/mol.